The quantitative estimate of drug-likeness (QED) is 0.398. The van der Waals surface area contributed by atoms with Gasteiger partial charge in [-0.15, -0.1) is 0 Å². The Morgan fingerprint density at radius 1 is 0.762 bits per heavy atom. The van der Waals surface area contributed by atoms with Gasteiger partial charge in [-0.2, -0.15) is 0 Å². The maximum absolute atomic E-state index is 12.0. The van der Waals surface area contributed by atoms with Gasteiger partial charge < -0.3 is 10.3 Å². The zero-order valence-electron chi connectivity index (χ0n) is 14.7. The minimum absolute atomic E-state index is 0.0817. The van der Waals surface area contributed by atoms with E-state index in [4.69, 9.17) is 0 Å². The van der Waals surface area contributed by atoms with Crippen LogP contribution >= 0.6 is 0 Å². The molecule has 1 atom stereocenters. The van der Waals surface area contributed by atoms with Crippen LogP contribution in [0.15, 0.2) is 0 Å². The lowest BCUT2D eigenvalue weighted by Gasteiger charge is -2.44. The Bertz CT molecular complexity index is 234. The van der Waals surface area contributed by atoms with E-state index in [0.717, 1.165) is 0 Å². The summed E-state index contributed by atoms with van der Waals surface area (Å²) in [6, 6.07) is 0. The summed E-state index contributed by atoms with van der Waals surface area (Å²) in [7, 11) is 1.83. The summed E-state index contributed by atoms with van der Waals surface area (Å²) in [5.74, 6) is 0. The molecule has 0 heterocycles. The first-order chi connectivity index (χ1) is 10.2. The van der Waals surface area contributed by atoms with Crippen LogP contribution in [-0.2, 0) is 0 Å². The highest BCUT2D eigenvalue weighted by Crippen LogP contribution is 2.30. The van der Waals surface area contributed by atoms with Gasteiger partial charge in [-0.3, -0.25) is 0 Å². The zero-order chi connectivity index (χ0) is 15.4. The lowest BCUT2D eigenvalue weighted by atomic mass is 9.78. The van der Waals surface area contributed by atoms with Crippen molar-refractivity contribution in [1.29, 1.82) is 0 Å². The van der Waals surface area contributed by atoms with Gasteiger partial charge in [0.15, 0.2) is 0 Å². The summed E-state index contributed by atoms with van der Waals surface area (Å²) in [5.41, 5.74) is 0.0817. The fraction of sp³-hybridized carbons (Fsp3) is 1.00. The second kappa shape index (κ2) is 11.5. The van der Waals surface area contributed by atoms with Gasteiger partial charge in [-0.1, -0.05) is 71.1 Å². The van der Waals surface area contributed by atoms with Crippen molar-refractivity contribution in [3.05, 3.63) is 5.21 Å². The topological polar surface area (TPSA) is 27.5 Å². The van der Waals surface area contributed by atoms with E-state index in [9.17, 15) is 5.21 Å². The summed E-state index contributed by atoms with van der Waals surface area (Å²) >= 11 is 0. The van der Waals surface area contributed by atoms with E-state index in [0.29, 0.717) is 5.06 Å². The van der Waals surface area contributed by atoms with Gasteiger partial charge in [0.2, 0.25) is 0 Å². The van der Waals surface area contributed by atoms with Gasteiger partial charge in [0.05, 0.1) is 12.6 Å². The molecule has 1 saturated carbocycles. The zero-order valence-corrected chi connectivity index (χ0v) is 14.7. The predicted octanol–water partition coefficient (Wildman–Crippen LogP) is 5.01. The summed E-state index contributed by atoms with van der Waals surface area (Å²) in [6.45, 7) is 2.28. The fourth-order valence-corrected chi connectivity index (χ4v) is 3.96. The summed E-state index contributed by atoms with van der Waals surface area (Å²) < 4.78 is 0. The number of hydroxylamine groups is 2. The van der Waals surface area contributed by atoms with E-state index in [1.807, 2.05) is 7.05 Å². The molecule has 126 valence electrons. The van der Waals surface area contributed by atoms with Crippen LogP contribution < -0.4 is 5.06 Å². The highest BCUT2D eigenvalue weighted by molar-refractivity contribution is 4.82. The first-order valence-corrected chi connectivity index (χ1v) is 9.72. The maximum Gasteiger partial charge on any atom is 0.0971 e. The lowest BCUT2D eigenvalue weighted by Crippen LogP contribution is -3.13. The van der Waals surface area contributed by atoms with E-state index in [1.54, 1.807) is 0 Å². The van der Waals surface area contributed by atoms with E-state index in [2.05, 4.69) is 6.92 Å². The monoisotopic (exact) mass is 297 g/mol. The molecule has 1 rings (SSSR count). The third-order valence-electron chi connectivity index (χ3n) is 5.57. The first kappa shape index (κ1) is 19.0. The molecule has 0 aromatic heterocycles. The van der Waals surface area contributed by atoms with Gasteiger partial charge in [-0.05, 0) is 19.3 Å². The molecule has 2 nitrogen and oxygen atoms in total. The van der Waals surface area contributed by atoms with Crippen molar-refractivity contribution in [3.8, 4) is 0 Å². The normalized spacial score (nSPS) is 19.6. The standard InChI is InChI=1S/C19H39NO/c1-3-4-5-6-7-8-9-10-11-13-16-19(20(2)21)17-14-12-15-18-19/h20H,3-18H2,1-2H3. The van der Waals surface area contributed by atoms with Crippen molar-refractivity contribution >= 4 is 0 Å². The molecule has 21 heavy (non-hydrogen) atoms. The van der Waals surface area contributed by atoms with E-state index < -0.39 is 0 Å². The van der Waals surface area contributed by atoms with E-state index >= 15 is 0 Å². The van der Waals surface area contributed by atoms with Crippen LogP contribution in [0.1, 0.15) is 110 Å². The first-order valence-electron chi connectivity index (χ1n) is 9.72. The van der Waals surface area contributed by atoms with Crippen LogP contribution in [0.3, 0.4) is 0 Å². The number of hydrogen-bond donors (Lipinski definition) is 1. The Morgan fingerprint density at radius 3 is 1.71 bits per heavy atom. The molecule has 1 fully saturated rings. The molecule has 0 bridgehead atoms. The van der Waals surface area contributed by atoms with E-state index in [-0.39, 0.29) is 5.54 Å². The van der Waals surface area contributed by atoms with Crippen molar-refractivity contribution in [2.45, 2.75) is 115 Å². The molecule has 2 heteroatoms. The third-order valence-corrected chi connectivity index (χ3v) is 5.57. The SMILES string of the molecule is CCCCCCCCCCCCC1([NH+](C)[O-])CCCCC1. The highest BCUT2D eigenvalue weighted by Gasteiger charge is 2.35. The fourth-order valence-electron chi connectivity index (χ4n) is 3.96. The maximum atomic E-state index is 12.0. The molecule has 0 spiro atoms. The highest BCUT2D eigenvalue weighted by atomic mass is 16.5. The largest absolute Gasteiger partial charge is 0.634 e. The molecule has 1 N–H and O–H groups in total. The molecule has 0 amide bonds. The Balaban J connectivity index is 1.99. The Labute approximate surface area is 133 Å². The minimum atomic E-state index is 0.0817. The molecular formula is C19H39NO. The van der Waals surface area contributed by atoms with Gasteiger partial charge in [-0.25, -0.2) is 0 Å². The molecule has 0 aromatic rings. The van der Waals surface area contributed by atoms with Gasteiger partial charge in [0.1, 0.15) is 0 Å². The van der Waals surface area contributed by atoms with Crippen LogP contribution in [0.4, 0.5) is 0 Å². The predicted molar refractivity (Wildman–Crippen MR) is 92.5 cm³/mol. The molecule has 0 aromatic carbocycles. The van der Waals surface area contributed by atoms with Crippen LogP contribution in [0.5, 0.6) is 0 Å². The van der Waals surface area contributed by atoms with Gasteiger partial charge in [0.25, 0.3) is 0 Å². The Hall–Kier alpha value is -0.0800. The minimum Gasteiger partial charge on any atom is -0.634 e. The molecule has 1 unspecified atom stereocenters. The molecule has 0 aliphatic heterocycles. The molecule has 0 saturated heterocycles. The summed E-state index contributed by atoms with van der Waals surface area (Å²) in [4.78, 5) is 0. The average Bonchev–Trinajstić information content (AvgIpc) is 2.50. The second-order valence-electron chi connectivity index (χ2n) is 7.33. The van der Waals surface area contributed by atoms with Crippen LogP contribution in [0.25, 0.3) is 0 Å². The third kappa shape index (κ3) is 7.65. The molecule has 0 radical (unpaired) electrons. The summed E-state index contributed by atoms with van der Waals surface area (Å²) in [6.07, 6.45) is 21.2. The van der Waals surface area contributed by atoms with Crippen LogP contribution in [-0.4, -0.2) is 12.6 Å². The lowest BCUT2D eigenvalue weighted by molar-refractivity contribution is -0.888. The number of hydrogen-bond acceptors (Lipinski definition) is 1. The van der Waals surface area contributed by atoms with Crippen molar-refractivity contribution in [3.63, 3.8) is 0 Å². The number of unbranched alkanes of at least 4 members (excludes halogenated alkanes) is 9. The average molecular weight is 298 g/mol. The van der Waals surface area contributed by atoms with Crippen molar-refractivity contribution in [1.82, 2.24) is 0 Å². The smallest absolute Gasteiger partial charge is 0.0971 e. The number of nitrogens with one attached hydrogen (secondary N) is 1. The molecule has 1 aliphatic rings. The van der Waals surface area contributed by atoms with Crippen molar-refractivity contribution in [2.75, 3.05) is 7.05 Å². The Morgan fingerprint density at radius 2 is 1.24 bits per heavy atom. The Kier molecular flexibility index (Phi) is 10.4. The van der Waals surface area contributed by atoms with E-state index in [1.165, 1.54) is 103 Å². The van der Waals surface area contributed by atoms with Crippen LogP contribution in [0.2, 0.25) is 0 Å². The number of rotatable bonds is 12. The second-order valence-corrected chi connectivity index (χ2v) is 7.33. The van der Waals surface area contributed by atoms with Crippen molar-refractivity contribution in [2.24, 2.45) is 0 Å². The van der Waals surface area contributed by atoms with Crippen LogP contribution in [0, 0.1) is 5.21 Å². The number of quaternary nitrogens is 1. The molecule has 1 aliphatic carbocycles. The van der Waals surface area contributed by atoms with Gasteiger partial charge >= 0.3 is 0 Å². The molecular weight excluding hydrogens is 258 g/mol. The van der Waals surface area contributed by atoms with Crippen molar-refractivity contribution < 1.29 is 5.06 Å². The summed E-state index contributed by atoms with van der Waals surface area (Å²) in [5, 5.41) is 12.5. The van der Waals surface area contributed by atoms with Gasteiger partial charge in [0, 0.05) is 19.3 Å².